The third-order valence-electron chi connectivity index (χ3n) is 7.32. The van der Waals surface area contributed by atoms with Crippen molar-refractivity contribution in [3.05, 3.63) is 29.6 Å². The van der Waals surface area contributed by atoms with Crippen LogP contribution < -0.4 is 21.7 Å². The van der Waals surface area contributed by atoms with Crippen molar-refractivity contribution in [1.82, 2.24) is 20.6 Å². The highest BCUT2D eigenvalue weighted by atomic mass is 19.4. The second-order valence-electron chi connectivity index (χ2n) is 11.2. The van der Waals surface area contributed by atoms with E-state index in [-0.39, 0.29) is 35.8 Å². The number of alkyl halides is 6. The van der Waals surface area contributed by atoms with Gasteiger partial charge in [0.05, 0.1) is 5.52 Å². The Morgan fingerprint density at radius 1 is 0.870 bits per heavy atom. The van der Waals surface area contributed by atoms with Gasteiger partial charge in [0.15, 0.2) is 5.96 Å². The molecule has 4 rings (SSSR count). The number of aliphatic carboxylic acids is 2. The summed E-state index contributed by atoms with van der Waals surface area (Å²) in [4.78, 5) is 40.1. The molecular formula is C28H37F6N7O5. The Bertz CT molecular complexity index is 1360. The number of nitrogens with two attached hydrogens (primary N) is 1. The van der Waals surface area contributed by atoms with Gasteiger partial charge >= 0.3 is 24.3 Å². The summed E-state index contributed by atoms with van der Waals surface area (Å²) in [7, 11) is 0. The molecule has 2 fully saturated rings. The topological polar surface area (TPSA) is 203 Å². The maximum Gasteiger partial charge on any atom is 0.490 e. The molecule has 0 aliphatic heterocycles. The summed E-state index contributed by atoms with van der Waals surface area (Å²) in [6.07, 6.45) is -1.79. The van der Waals surface area contributed by atoms with E-state index in [1.54, 1.807) is 0 Å². The van der Waals surface area contributed by atoms with E-state index in [0.29, 0.717) is 5.82 Å². The summed E-state index contributed by atoms with van der Waals surface area (Å²) >= 11 is 0. The van der Waals surface area contributed by atoms with E-state index in [9.17, 15) is 31.1 Å². The molecule has 2 saturated carbocycles. The van der Waals surface area contributed by atoms with Crippen LogP contribution in [0.15, 0.2) is 18.2 Å². The molecule has 0 spiro atoms. The maximum absolute atomic E-state index is 13.0. The number of hydrogen-bond donors (Lipinski definition) is 7. The van der Waals surface area contributed by atoms with Crippen LogP contribution in [0.1, 0.15) is 74.5 Å². The van der Waals surface area contributed by atoms with E-state index in [2.05, 4.69) is 38.9 Å². The van der Waals surface area contributed by atoms with Crippen molar-refractivity contribution in [2.45, 2.75) is 95.7 Å². The number of aryl methyl sites for hydroxylation is 1. The molecule has 0 bridgehead atoms. The van der Waals surface area contributed by atoms with Crippen molar-refractivity contribution in [1.29, 1.82) is 5.41 Å². The van der Waals surface area contributed by atoms with E-state index < -0.39 is 24.3 Å². The van der Waals surface area contributed by atoms with Crippen LogP contribution in [0.5, 0.6) is 0 Å². The van der Waals surface area contributed by atoms with Gasteiger partial charge in [-0.15, -0.1) is 0 Å². The number of benzene rings is 1. The molecule has 0 radical (unpaired) electrons. The Hall–Kier alpha value is -4.38. The molecular weight excluding hydrogens is 628 g/mol. The van der Waals surface area contributed by atoms with E-state index in [1.807, 2.05) is 19.1 Å². The van der Waals surface area contributed by atoms with E-state index in [0.717, 1.165) is 73.8 Å². The van der Waals surface area contributed by atoms with Crippen LogP contribution in [0.2, 0.25) is 0 Å². The van der Waals surface area contributed by atoms with Gasteiger partial charge in [0.1, 0.15) is 5.82 Å². The number of carboxylic acids is 2. The first-order valence-corrected chi connectivity index (χ1v) is 14.3. The first kappa shape index (κ1) is 37.8. The summed E-state index contributed by atoms with van der Waals surface area (Å²) < 4.78 is 63.5. The van der Waals surface area contributed by atoms with Crippen molar-refractivity contribution in [2.75, 3.05) is 5.32 Å². The predicted molar refractivity (Wildman–Crippen MR) is 155 cm³/mol. The van der Waals surface area contributed by atoms with Crippen molar-refractivity contribution in [3.63, 3.8) is 0 Å². The number of carboxylic acid groups (broad SMARTS) is 2. The maximum atomic E-state index is 13.0. The van der Waals surface area contributed by atoms with Gasteiger partial charge in [-0.25, -0.2) is 19.6 Å². The summed E-state index contributed by atoms with van der Waals surface area (Å²) in [5.41, 5.74) is 7.48. The number of nitrogens with one attached hydrogen (secondary N) is 4. The van der Waals surface area contributed by atoms with Gasteiger partial charge in [0.2, 0.25) is 5.82 Å². The normalized spacial score (nSPS) is 21.4. The Labute approximate surface area is 260 Å². The van der Waals surface area contributed by atoms with E-state index in [4.69, 9.17) is 30.9 Å². The minimum Gasteiger partial charge on any atom is -0.475 e. The van der Waals surface area contributed by atoms with E-state index >= 15 is 0 Å². The zero-order valence-corrected chi connectivity index (χ0v) is 25.1. The van der Waals surface area contributed by atoms with Gasteiger partial charge in [-0.05, 0) is 63.5 Å². The number of fused-ring (bicyclic) bond motifs is 1. The molecule has 0 saturated heterocycles. The molecule has 8 N–H and O–H groups in total. The average molecular weight is 666 g/mol. The number of aromatic nitrogens is 2. The van der Waals surface area contributed by atoms with Crippen LogP contribution in [-0.2, 0) is 9.59 Å². The number of carbonyl (C=O) groups is 3. The molecule has 12 nitrogen and oxygen atoms in total. The second-order valence-corrected chi connectivity index (χ2v) is 11.2. The van der Waals surface area contributed by atoms with Gasteiger partial charge in [0, 0.05) is 23.5 Å². The van der Waals surface area contributed by atoms with Crippen molar-refractivity contribution in [3.8, 4) is 0 Å². The predicted octanol–water partition coefficient (Wildman–Crippen LogP) is 4.72. The SMILES string of the molecule is Cc1ccc2nc(C(=O)NC3CCC(C)CC3)nc(NC3CCCCC3NC(=N)N)c2c1.O=C(O)C(F)(F)F.O=C(O)C(F)(F)F. The van der Waals surface area contributed by atoms with E-state index in [1.165, 1.54) is 0 Å². The molecule has 2 aliphatic carbocycles. The fourth-order valence-corrected chi connectivity index (χ4v) is 4.96. The van der Waals surface area contributed by atoms with Crippen LogP contribution >= 0.6 is 0 Å². The highest BCUT2D eigenvalue weighted by Crippen LogP contribution is 2.28. The Morgan fingerprint density at radius 3 is 1.89 bits per heavy atom. The van der Waals surface area contributed by atoms with Crippen LogP contribution in [0.3, 0.4) is 0 Å². The molecule has 2 atom stereocenters. The number of halogens is 6. The Balaban J connectivity index is 0.000000440. The second kappa shape index (κ2) is 16.3. The fourth-order valence-electron chi connectivity index (χ4n) is 4.96. The molecule has 1 heterocycles. The number of nitrogens with zero attached hydrogens (tertiary/aromatic N) is 2. The monoisotopic (exact) mass is 665 g/mol. The lowest BCUT2D eigenvalue weighted by Crippen LogP contribution is -2.50. The summed E-state index contributed by atoms with van der Waals surface area (Å²) in [6, 6.07) is 6.32. The lowest BCUT2D eigenvalue weighted by atomic mass is 9.87. The molecule has 46 heavy (non-hydrogen) atoms. The van der Waals surface area contributed by atoms with Crippen LogP contribution in [0.4, 0.5) is 32.2 Å². The lowest BCUT2D eigenvalue weighted by Gasteiger charge is -2.33. The minimum absolute atomic E-state index is 0.0195. The molecule has 256 valence electrons. The standard InChI is InChI=1S/C24H35N7O.2C2HF3O2/c1-14-7-10-16(11-8-14)27-23(32)22-28-18-12-9-15(2)13-17(18)21(31-22)29-19-5-3-4-6-20(19)30-24(25)26;2*3-2(4,5)1(6)7/h9,12-14,16,19-20H,3-8,10-11H2,1-2H3,(H,27,32)(H4,25,26,30)(H,28,29,31);2*(H,6,7). The third kappa shape index (κ3) is 12.2. The first-order valence-electron chi connectivity index (χ1n) is 14.3. The number of guanidine groups is 1. The van der Waals surface area contributed by atoms with Gasteiger partial charge < -0.3 is 31.9 Å². The van der Waals surface area contributed by atoms with Gasteiger partial charge in [-0.1, -0.05) is 31.4 Å². The lowest BCUT2D eigenvalue weighted by molar-refractivity contribution is -0.193. The molecule has 1 aromatic heterocycles. The van der Waals surface area contributed by atoms with Crippen molar-refractivity contribution in [2.24, 2.45) is 11.7 Å². The van der Waals surface area contributed by atoms with Gasteiger partial charge in [-0.2, -0.15) is 26.3 Å². The number of amides is 1. The Morgan fingerprint density at radius 2 is 1.39 bits per heavy atom. The zero-order valence-electron chi connectivity index (χ0n) is 25.1. The van der Waals surface area contributed by atoms with Crippen LogP contribution in [0, 0.1) is 18.3 Å². The first-order chi connectivity index (χ1) is 21.3. The number of anilines is 1. The number of hydrogen-bond acceptors (Lipinski definition) is 7. The molecule has 2 aromatic rings. The van der Waals surface area contributed by atoms with Gasteiger partial charge in [0.25, 0.3) is 5.91 Å². The summed E-state index contributed by atoms with van der Waals surface area (Å²) in [5.74, 6) is -4.14. The number of carbonyl (C=O) groups excluding carboxylic acids is 1. The highest BCUT2D eigenvalue weighted by molar-refractivity contribution is 5.96. The summed E-state index contributed by atoms with van der Waals surface area (Å²) in [6.45, 7) is 4.30. The zero-order chi connectivity index (χ0) is 34.8. The molecule has 2 unspecified atom stereocenters. The smallest absolute Gasteiger partial charge is 0.475 e. The molecule has 1 amide bonds. The quantitative estimate of drug-likeness (QED) is 0.133. The van der Waals surface area contributed by atoms with Crippen molar-refractivity contribution < 1.29 is 50.9 Å². The average Bonchev–Trinajstić information content (AvgIpc) is 2.95. The van der Waals surface area contributed by atoms with Crippen molar-refractivity contribution >= 4 is 40.5 Å². The van der Waals surface area contributed by atoms with Crippen LogP contribution in [0.25, 0.3) is 10.9 Å². The molecule has 2 aliphatic rings. The molecule has 1 aromatic carbocycles. The summed E-state index contributed by atoms with van der Waals surface area (Å²) in [5, 5.41) is 32.6. The fraction of sp³-hybridized carbons (Fsp3) is 0.571. The van der Waals surface area contributed by atoms with Gasteiger partial charge in [-0.3, -0.25) is 10.2 Å². The third-order valence-corrected chi connectivity index (χ3v) is 7.32. The molecule has 18 heteroatoms. The Kier molecular flexibility index (Phi) is 13.4. The minimum atomic E-state index is -5.08. The van der Waals surface area contributed by atoms with Crippen LogP contribution in [-0.4, -0.2) is 74.5 Å². The largest absolute Gasteiger partial charge is 0.490 e. The highest BCUT2D eigenvalue weighted by Gasteiger charge is 2.39. The number of rotatable bonds is 5.